The van der Waals surface area contributed by atoms with Gasteiger partial charge in [0.25, 0.3) is 0 Å². The molecule has 1 rings (SSSR count). The molecule has 0 aliphatic rings. The molecule has 9 amide bonds. The number of likely N-dealkylation sites (N-methyl/N-ethyl adjacent to an activating group) is 1. The average Bonchev–Trinajstić information content (AvgIpc) is 3.26. The van der Waals surface area contributed by atoms with Crippen molar-refractivity contribution >= 4 is 65.1 Å². The van der Waals surface area contributed by atoms with Gasteiger partial charge in [-0.3, -0.25) is 52.7 Å². The highest BCUT2D eigenvalue weighted by Crippen LogP contribution is 2.11. The predicted molar refractivity (Wildman–Crippen MR) is 238 cm³/mol. The molecule has 1 aromatic carbocycles. The second-order valence-corrected chi connectivity index (χ2v) is 16.7. The summed E-state index contributed by atoms with van der Waals surface area (Å²) in [6, 6.07) is -3.41. The highest BCUT2D eigenvalue weighted by Gasteiger charge is 2.36. The Morgan fingerprint density at radius 2 is 0.776 bits per heavy atom. The molecule has 13 N–H and O–H groups in total. The Hall–Kier alpha value is -6.69. The van der Waals surface area contributed by atoms with Crippen molar-refractivity contribution in [3.8, 4) is 0 Å². The summed E-state index contributed by atoms with van der Waals surface area (Å²) >= 11 is 0. The molecule has 0 bridgehead atoms. The van der Waals surface area contributed by atoms with Gasteiger partial charge in [0.15, 0.2) is 0 Å². The number of hydrogen-bond donors (Lipinski definition) is 13. The molecule has 0 saturated carbocycles. The van der Waals surface area contributed by atoms with E-state index in [4.69, 9.17) is 0 Å². The molecule has 0 radical (unpaired) electrons. The topological polar surface area (TPSA) is 377 Å². The molecular formula is C43H67N9O15. The van der Waals surface area contributed by atoms with Gasteiger partial charge in [-0.1, -0.05) is 71.9 Å². The zero-order chi connectivity index (χ0) is 51.1. The number of rotatable bonds is 29. The Bertz CT molecular complexity index is 1900. The van der Waals surface area contributed by atoms with Crippen molar-refractivity contribution in [3.63, 3.8) is 0 Å². The van der Waals surface area contributed by atoms with Crippen LogP contribution in [0.5, 0.6) is 0 Å². The molecule has 374 valence electrons. The van der Waals surface area contributed by atoms with Crippen molar-refractivity contribution in [1.29, 1.82) is 0 Å². The summed E-state index contributed by atoms with van der Waals surface area (Å²) < 4.78 is 0. The van der Waals surface area contributed by atoms with Crippen molar-refractivity contribution in [3.05, 3.63) is 35.9 Å². The third-order valence-electron chi connectivity index (χ3n) is 10.2. The molecule has 24 heteroatoms. The maximum atomic E-state index is 13.9. The van der Waals surface area contributed by atoms with Crippen LogP contribution in [0.4, 0.5) is 0 Å². The largest absolute Gasteiger partial charge is 0.481 e. The Balaban J connectivity index is 3.41. The zero-order valence-corrected chi connectivity index (χ0v) is 39.0. The van der Waals surface area contributed by atoms with Crippen LogP contribution in [0.2, 0.25) is 0 Å². The predicted octanol–water partition coefficient (Wildman–Crippen LogP) is -3.44. The average molecular weight is 950 g/mol. The molecule has 1 aromatic rings. The number of carbonyl (C=O) groups excluding carboxylic acids is 9. The third-order valence-corrected chi connectivity index (χ3v) is 10.2. The van der Waals surface area contributed by atoms with Crippen molar-refractivity contribution in [1.82, 2.24) is 47.9 Å². The van der Waals surface area contributed by atoms with E-state index in [0.29, 0.717) is 5.56 Å². The number of benzene rings is 1. The minimum Gasteiger partial charge on any atom is -0.481 e. The van der Waals surface area contributed by atoms with E-state index in [0.717, 1.165) is 6.92 Å². The van der Waals surface area contributed by atoms with Crippen LogP contribution in [0, 0.1) is 17.8 Å². The van der Waals surface area contributed by atoms with Crippen LogP contribution in [0.3, 0.4) is 0 Å². The van der Waals surface area contributed by atoms with Gasteiger partial charge in [-0.15, -0.1) is 0 Å². The van der Waals surface area contributed by atoms with Crippen LogP contribution in [-0.4, -0.2) is 154 Å². The van der Waals surface area contributed by atoms with E-state index in [9.17, 15) is 73.2 Å². The molecule has 8 atom stereocenters. The summed E-state index contributed by atoms with van der Waals surface area (Å²) in [5.41, 5.74) is 0.520. The second-order valence-electron chi connectivity index (χ2n) is 16.7. The van der Waals surface area contributed by atoms with E-state index in [-0.39, 0.29) is 6.42 Å². The lowest BCUT2D eigenvalue weighted by Gasteiger charge is -2.29. The second kappa shape index (κ2) is 29.1. The van der Waals surface area contributed by atoms with Gasteiger partial charge in [0.05, 0.1) is 13.2 Å². The summed E-state index contributed by atoms with van der Waals surface area (Å²) in [5, 5.41) is 60.3. The van der Waals surface area contributed by atoms with Gasteiger partial charge < -0.3 is 68.3 Å². The lowest BCUT2D eigenvalue weighted by atomic mass is 10.00. The van der Waals surface area contributed by atoms with E-state index in [1.807, 2.05) is 0 Å². The summed E-state index contributed by atoms with van der Waals surface area (Å²) in [7, 11) is 1.36. The van der Waals surface area contributed by atoms with Gasteiger partial charge in [0, 0.05) is 33.2 Å². The number of carboxylic acid groups (broad SMARTS) is 2. The SMILES string of the molecule is CNC(=O)[C@@H](NC(=O)[C@H](CCC(=O)O)NC(=O)[C@H](Cc1ccccc1)NC(=O)[C@H](CO)NC(=O)[C@@H](NC(=O)[C@H](CCC(=O)O)NC(=O)[C@@H](NC(=O)[C@H](CO)NC(C)=O)C(C)C)C(C)C)C(C)C. The first-order valence-corrected chi connectivity index (χ1v) is 21.7. The number of hydrogen-bond acceptors (Lipinski definition) is 13. The molecule has 67 heavy (non-hydrogen) atoms. The summed E-state index contributed by atoms with van der Waals surface area (Å²) in [4.78, 5) is 142. The number of amides is 9. The Morgan fingerprint density at radius 3 is 1.15 bits per heavy atom. The van der Waals surface area contributed by atoms with E-state index in [2.05, 4.69) is 47.9 Å². The lowest BCUT2D eigenvalue weighted by molar-refractivity contribution is -0.139. The molecule has 0 unspecified atom stereocenters. The van der Waals surface area contributed by atoms with Crippen LogP contribution < -0.4 is 47.9 Å². The van der Waals surface area contributed by atoms with Gasteiger partial charge >= 0.3 is 11.9 Å². The Morgan fingerprint density at radius 1 is 0.448 bits per heavy atom. The summed E-state index contributed by atoms with van der Waals surface area (Å²) in [5.74, 6) is -12.5. The number of aliphatic hydroxyl groups excluding tert-OH is 2. The molecule has 0 aromatic heterocycles. The number of carbonyl (C=O) groups is 11. The number of aliphatic hydroxyl groups is 2. The van der Waals surface area contributed by atoms with Crippen molar-refractivity contribution in [2.75, 3.05) is 20.3 Å². The molecule has 0 aliphatic heterocycles. The normalized spacial score (nSPS) is 14.6. The van der Waals surface area contributed by atoms with Crippen molar-refractivity contribution < 1.29 is 73.2 Å². The third kappa shape index (κ3) is 20.6. The van der Waals surface area contributed by atoms with Gasteiger partial charge in [0.1, 0.15) is 48.3 Å². The van der Waals surface area contributed by atoms with Crippen LogP contribution >= 0.6 is 0 Å². The number of nitrogens with one attached hydrogen (secondary N) is 9. The minimum atomic E-state index is -1.76. The Labute approximate surface area is 388 Å². The smallest absolute Gasteiger partial charge is 0.303 e. The van der Waals surface area contributed by atoms with Crippen LogP contribution in [0.15, 0.2) is 30.3 Å². The summed E-state index contributed by atoms with van der Waals surface area (Å²) in [6.45, 7) is 8.70. The maximum Gasteiger partial charge on any atom is 0.303 e. The van der Waals surface area contributed by atoms with Crippen molar-refractivity contribution in [2.45, 2.75) is 129 Å². The quantitative estimate of drug-likeness (QED) is 0.0372. The van der Waals surface area contributed by atoms with Gasteiger partial charge in [-0.25, -0.2) is 0 Å². The number of carboxylic acids is 2. The van der Waals surface area contributed by atoms with E-state index >= 15 is 0 Å². The minimum absolute atomic E-state index is 0.197. The standard InChI is InChI=1S/C43H67N9O15/c1-21(2)33(41(65)44-8)50-36(60)26(14-16-31(56)57)46-38(62)28(18-25-12-10-9-11-13-25)48-39(63)30(20-54)49-43(67)35(23(5)6)51-37(61)27(15-17-32(58)59)47-42(66)34(22(3)4)52-40(64)29(19-53)45-24(7)55/h9-13,21-23,26-30,33-35,53-54H,14-20H2,1-8H3,(H,44,65)(H,45,55)(H,46,62)(H,47,66)(H,48,63)(H,49,67)(H,50,60)(H,51,61)(H,52,64)(H,56,57)(H,58,59)/t26-,27-,28-,29-,30-,33-,34-,35-/m0/s1. The first-order valence-electron chi connectivity index (χ1n) is 21.7. The molecule has 24 nitrogen and oxygen atoms in total. The van der Waals surface area contributed by atoms with Crippen LogP contribution in [0.25, 0.3) is 0 Å². The highest BCUT2D eigenvalue weighted by molar-refractivity contribution is 5.98. The molecular weight excluding hydrogens is 883 g/mol. The molecule has 0 spiro atoms. The first-order chi connectivity index (χ1) is 31.4. The Kier molecular flexibility index (Phi) is 25.3. The van der Waals surface area contributed by atoms with Gasteiger partial charge in [0.2, 0.25) is 53.2 Å². The van der Waals surface area contributed by atoms with E-state index < -0.39 is 170 Å². The fourth-order valence-corrected chi connectivity index (χ4v) is 6.36. The first kappa shape index (κ1) is 58.3. The van der Waals surface area contributed by atoms with Gasteiger partial charge in [-0.2, -0.15) is 0 Å². The molecule has 0 fully saturated rings. The fourth-order valence-electron chi connectivity index (χ4n) is 6.36. The summed E-state index contributed by atoms with van der Waals surface area (Å²) in [6.07, 6.45) is -2.29. The monoisotopic (exact) mass is 949 g/mol. The van der Waals surface area contributed by atoms with Gasteiger partial charge in [-0.05, 0) is 36.2 Å². The van der Waals surface area contributed by atoms with Crippen molar-refractivity contribution in [2.24, 2.45) is 17.8 Å². The highest BCUT2D eigenvalue weighted by atomic mass is 16.4. The maximum absolute atomic E-state index is 13.9. The molecule has 0 aliphatic carbocycles. The molecule has 0 saturated heterocycles. The van der Waals surface area contributed by atoms with Crippen LogP contribution in [-0.2, 0) is 59.2 Å². The lowest BCUT2D eigenvalue weighted by Crippen LogP contribution is -2.62. The number of aliphatic carboxylic acids is 2. The van der Waals surface area contributed by atoms with Crippen LogP contribution in [0.1, 0.15) is 79.7 Å². The van der Waals surface area contributed by atoms with E-state index in [1.54, 1.807) is 58.0 Å². The van der Waals surface area contributed by atoms with E-state index in [1.165, 1.54) is 20.9 Å². The molecule has 0 heterocycles. The fraction of sp³-hybridized carbons (Fsp3) is 0.605. The zero-order valence-electron chi connectivity index (χ0n) is 39.0.